The average molecular weight is 344 g/mol. The first-order chi connectivity index (χ1) is 11.5. The summed E-state index contributed by atoms with van der Waals surface area (Å²) in [4.78, 5) is 14.0. The van der Waals surface area contributed by atoms with Crippen LogP contribution in [0, 0.1) is 6.92 Å². The van der Waals surface area contributed by atoms with E-state index < -0.39 is 15.8 Å². The van der Waals surface area contributed by atoms with E-state index in [1.54, 1.807) is 13.0 Å². The lowest BCUT2D eigenvalue weighted by molar-refractivity contribution is 0.553. The summed E-state index contributed by atoms with van der Waals surface area (Å²) in [5.41, 5.74) is 3.06. The molecule has 124 valence electrons. The molecule has 0 saturated heterocycles. The van der Waals surface area contributed by atoms with Gasteiger partial charge in [0.2, 0.25) is 0 Å². The maximum Gasteiger partial charge on any atom is 0.417 e. The van der Waals surface area contributed by atoms with Gasteiger partial charge in [-0.3, -0.25) is 9.29 Å². The number of oxazole rings is 1. The third-order valence-electron chi connectivity index (χ3n) is 4.35. The number of anilines is 1. The molecular formula is C17H16N2O4S. The van der Waals surface area contributed by atoms with Crippen molar-refractivity contribution in [1.82, 2.24) is 4.98 Å². The molecule has 0 atom stereocenters. The highest BCUT2D eigenvalue weighted by molar-refractivity contribution is 7.92. The van der Waals surface area contributed by atoms with Crippen molar-refractivity contribution in [2.24, 2.45) is 0 Å². The van der Waals surface area contributed by atoms with Crippen LogP contribution in [-0.2, 0) is 16.4 Å². The lowest BCUT2D eigenvalue weighted by Gasteiger charge is -2.30. The zero-order chi connectivity index (χ0) is 16.9. The Bertz CT molecular complexity index is 1100. The molecule has 0 saturated carbocycles. The number of sulfonamides is 1. The number of aryl methyl sites for hydroxylation is 2. The third kappa shape index (κ3) is 2.24. The smallest absolute Gasteiger partial charge is 0.408 e. The Labute approximate surface area is 138 Å². The first-order valence-corrected chi connectivity index (χ1v) is 9.15. The fourth-order valence-corrected chi connectivity index (χ4v) is 5.00. The molecule has 1 N–H and O–H groups in total. The van der Waals surface area contributed by atoms with Crippen LogP contribution in [-0.4, -0.2) is 19.9 Å². The molecule has 0 aliphatic carbocycles. The largest absolute Gasteiger partial charge is 0.417 e. The van der Waals surface area contributed by atoms with Crippen LogP contribution in [0.2, 0.25) is 0 Å². The summed E-state index contributed by atoms with van der Waals surface area (Å²) in [5.74, 6) is -0.595. The van der Waals surface area contributed by atoms with Crippen molar-refractivity contribution in [3.05, 3.63) is 58.1 Å². The van der Waals surface area contributed by atoms with Crippen LogP contribution in [0.4, 0.5) is 5.69 Å². The SMILES string of the molecule is Cc1cc2[nH]c(=O)oc2cc1S(=O)(=O)N1CCCc2ccccc21. The summed E-state index contributed by atoms with van der Waals surface area (Å²) < 4.78 is 32.9. The molecule has 0 amide bonds. The van der Waals surface area contributed by atoms with Gasteiger partial charge in [0.15, 0.2) is 5.58 Å². The fraction of sp³-hybridized carbons (Fsp3) is 0.235. The van der Waals surface area contributed by atoms with Crippen LogP contribution >= 0.6 is 0 Å². The topological polar surface area (TPSA) is 83.4 Å². The zero-order valence-electron chi connectivity index (χ0n) is 13.1. The van der Waals surface area contributed by atoms with Gasteiger partial charge in [0, 0.05) is 12.6 Å². The van der Waals surface area contributed by atoms with Gasteiger partial charge < -0.3 is 4.42 Å². The summed E-state index contributed by atoms with van der Waals surface area (Å²) in [7, 11) is -3.73. The number of aromatic amines is 1. The maximum absolute atomic E-state index is 13.2. The Balaban J connectivity index is 1.90. The number of para-hydroxylation sites is 1. The van der Waals surface area contributed by atoms with Crippen molar-refractivity contribution in [2.45, 2.75) is 24.7 Å². The molecule has 0 fully saturated rings. The molecule has 2 aromatic carbocycles. The molecule has 6 nitrogen and oxygen atoms in total. The van der Waals surface area contributed by atoms with Crippen LogP contribution < -0.4 is 10.1 Å². The molecule has 4 rings (SSSR count). The number of nitrogens with zero attached hydrogens (tertiary/aromatic N) is 1. The Kier molecular flexibility index (Phi) is 3.28. The summed E-state index contributed by atoms with van der Waals surface area (Å²) in [6.07, 6.45) is 1.64. The van der Waals surface area contributed by atoms with E-state index >= 15 is 0 Å². The Morgan fingerprint density at radius 2 is 2.00 bits per heavy atom. The standard InChI is InChI=1S/C17H16N2O4S/c1-11-9-13-15(23-17(20)18-13)10-16(11)24(21,22)19-8-4-6-12-5-2-3-7-14(12)19/h2-3,5,7,9-10H,4,6,8H2,1H3,(H,18,20). The minimum absolute atomic E-state index is 0.162. The second-order valence-corrected chi connectivity index (χ2v) is 7.77. The van der Waals surface area contributed by atoms with E-state index in [2.05, 4.69) is 4.98 Å². The normalized spacial score (nSPS) is 14.8. The predicted molar refractivity (Wildman–Crippen MR) is 90.9 cm³/mol. The second-order valence-electron chi connectivity index (χ2n) is 5.94. The van der Waals surface area contributed by atoms with E-state index in [1.165, 1.54) is 10.4 Å². The highest BCUT2D eigenvalue weighted by Crippen LogP contribution is 2.33. The van der Waals surface area contributed by atoms with Crippen molar-refractivity contribution < 1.29 is 12.8 Å². The molecular weight excluding hydrogens is 328 g/mol. The highest BCUT2D eigenvalue weighted by atomic mass is 32.2. The minimum atomic E-state index is -3.73. The van der Waals surface area contributed by atoms with Crippen LogP contribution in [0.1, 0.15) is 17.5 Å². The van der Waals surface area contributed by atoms with E-state index in [4.69, 9.17) is 4.42 Å². The Morgan fingerprint density at radius 1 is 1.21 bits per heavy atom. The number of aromatic nitrogens is 1. The average Bonchev–Trinajstić information content (AvgIpc) is 2.92. The summed E-state index contributed by atoms with van der Waals surface area (Å²) in [6.45, 7) is 2.15. The van der Waals surface area contributed by atoms with Gasteiger partial charge in [-0.2, -0.15) is 0 Å². The van der Waals surface area contributed by atoms with Gasteiger partial charge in [0.25, 0.3) is 10.0 Å². The Hall–Kier alpha value is -2.54. The summed E-state index contributed by atoms with van der Waals surface area (Å²) in [5, 5.41) is 0. The van der Waals surface area contributed by atoms with Crippen molar-refractivity contribution in [3.8, 4) is 0 Å². The van der Waals surface area contributed by atoms with Crippen LogP contribution in [0.3, 0.4) is 0 Å². The minimum Gasteiger partial charge on any atom is -0.408 e. The number of rotatable bonds is 2. The molecule has 0 spiro atoms. The summed E-state index contributed by atoms with van der Waals surface area (Å²) in [6, 6.07) is 10.6. The Morgan fingerprint density at radius 3 is 2.83 bits per heavy atom. The van der Waals surface area contributed by atoms with Gasteiger partial charge in [-0.1, -0.05) is 18.2 Å². The number of benzene rings is 2. The van der Waals surface area contributed by atoms with Gasteiger partial charge in [-0.25, -0.2) is 13.2 Å². The van der Waals surface area contributed by atoms with Crippen molar-refractivity contribution in [1.29, 1.82) is 0 Å². The lowest BCUT2D eigenvalue weighted by atomic mass is 10.0. The van der Waals surface area contributed by atoms with Crippen LogP contribution in [0.25, 0.3) is 11.1 Å². The van der Waals surface area contributed by atoms with E-state index in [-0.39, 0.29) is 10.5 Å². The highest BCUT2D eigenvalue weighted by Gasteiger charge is 2.30. The van der Waals surface area contributed by atoms with E-state index in [0.29, 0.717) is 17.6 Å². The quantitative estimate of drug-likeness (QED) is 0.774. The molecule has 1 aromatic heterocycles. The monoisotopic (exact) mass is 344 g/mol. The van der Waals surface area contributed by atoms with Crippen molar-refractivity contribution in [3.63, 3.8) is 0 Å². The molecule has 1 aliphatic heterocycles. The third-order valence-corrected chi connectivity index (χ3v) is 6.31. The second kappa shape index (κ2) is 5.24. The van der Waals surface area contributed by atoms with Gasteiger partial charge >= 0.3 is 5.76 Å². The predicted octanol–water partition coefficient (Wildman–Crippen LogP) is 2.57. The first kappa shape index (κ1) is 15.0. The number of hydrogen-bond donors (Lipinski definition) is 1. The number of nitrogens with one attached hydrogen (secondary N) is 1. The van der Waals surface area contributed by atoms with Gasteiger partial charge in [-0.15, -0.1) is 0 Å². The molecule has 2 heterocycles. The van der Waals surface area contributed by atoms with Crippen LogP contribution in [0.15, 0.2) is 50.5 Å². The molecule has 0 unspecified atom stereocenters. The number of H-pyrrole nitrogens is 1. The molecule has 7 heteroatoms. The number of fused-ring (bicyclic) bond motifs is 2. The molecule has 0 radical (unpaired) electrons. The zero-order valence-corrected chi connectivity index (χ0v) is 13.9. The summed E-state index contributed by atoms with van der Waals surface area (Å²) >= 11 is 0. The fourth-order valence-electron chi connectivity index (χ4n) is 3.23. The van der Waals surface area contributed by atoms with E-state index in [1.807, 2.05) is 24.3 Å². The van der Waals surface area contributed by atoms with Crippen molar-refractivity contribution >= 4 is 26.8 Å². The van der Waals surface area contributed by atoms with Crippen LogP contribution in [0.5, 0.6) is 0 Å². The lowest BCUT2D eigenvalue weighted by Crippen LogP contribution is -2.35. The first-order valence-electron chi connectivity index (χ1n) is 7.71. The van der Waals surface area contributed by atoms with Gasteiger partial charge in [0.05, 0.1) is 16.1 Å². The molecule has 0 bridgehead atoms. The van der Waals surface area contributed by atoms with E-state index in [9.17, 15) is 13.2 Å². The van der Waals surface area contributed by atoms with Gasteiger partial charge in [-0.05, 0) is 43.0 Å². The molecule has 24 heavy (non-hydrogen) atoms. The maximum atomic E-state index is 13.2. The number of hydrogen-bond acceptors (Lipinski definition) is 4. The van der Waals surface area contributed by atoms with Gasteiger partial charge in [0.1, 0.15) is 0 Å². The molecule has 3 aromatic rings. The van der Waals surface area contributed by atoms with Crippen molar-refractivity contribution in [2.75, 3.05) is 10.8 Å². The van der Waals surface area contributed by atoms with E-state index in [0.717, 1.165) is 24.1 Å². The molecule has 1 aliphatic rings.